The minimum absolute atomic E-state index is 0. The van der Waals surface area contributed by atoms with Gasteiger partial charge in [0.2, 0.25) is 5.82 Å². The van der Waals surface area contributed by atoms with Gasteiger partial charge in [0.05, 0.1) is 6.61 Å². The van der Waals surface area contributed by atoms with Crippen molar-refractivity contribution in [1.29, 1.82) is 0 Å². The Morgan fingerprint density at radius 2 is 1.40 bits per heavy atom. The van der Waals surface area contributed by atoms with E-state index in [0.717, 1.165) is 57.3 Å². The van der Waals surface area contributed by atoms with Crippen LogP contribution in [0.15, 0.2) is 48.5 Å². The molecule has 1 saturated carbocycles. The molecule has 0 atom stereocenters. The van der Waals surface area contributed by atoms with Gasteiger partial charge in [-0.1, -0.05) is 57.2 Å². The predicted molar refractivity (Wildman–Crippen MR) is 167 cm³/mol. The Morgan fingerprint density at radius 1 is 0.800 bits per heavy atom. The smallest absolute Gasteiger partial charge is 0.850 e. The van der Waals surface area contributed by atoms with E-state index in [-0.39, 0.29) is 75.2 Å². The molecule has 8 heteroatoms. The van der Waals surface area contributed by atoms with Crippen LogP contribution in [-0.2, 0) is 11.2 Å². The van der Waals surface area contributed by atoms with Crippen molar-refractivity contribution in [1.82, 2.24) is 0 Å². The molecule has 1 aliphatic carbocycles. The standard InChI is InChI=1S/C29H30F4O.C4H8O.C4H9O.K/c1-3-34-25-17-16-24(28(32)29(25)33)22-13-9-20(10-14-22)6-5-19-7-11-21(12-8-19)23-15-4-18(2)26(30)27(23)31;1-2-4-5-3-1;1-4(2,3)5;/h4,9-10,13-17,19,21H,3,5-8,11-12H2,1-2H3;1-4H2;1-3H3;/q;;-1;+1. The molecule has 1 aliphatic heterocycles. The van der Waals surface area contributed by atoms with Crippen molar-refractivity contribution in [3.05, 3.63) is 88.5 Å². The summed E-state index contributed by atoms with van der Waals surface area (Å²) in [6, 6.07) is 13.9. The minimum Gasteiger partial charge on any atom is -0.850 e. The molecule has 3 aromatic carbocycles. The van der Waals surface area contributed by atoms with Gasteiger partial charge in [-0.25, -0.2) is 13.2 Å². The summed E-state index contributed by atoms with van der Waals surface area (Å²) >= 11 is 0. The molecule has 45 heavy (non-hydrogen) atoms. The molecule has 242 valence electrons. The summed E-state index contributed by atoms with van der Waals surface area (Å²) in [7, 11) is 0. The molecule has 0 spiro atoms. The first-order valence-electron chi connectivity index (χ1n) is 15.8. The maximum Gasteiger partial charge on any atom is 1.00 e. The Balaban J connectivity index is 0.000000550. The van der Waals surface area contributed by atoms with E-state index < -0.39 is 28.9 Å². The maximum absolute atomic E-state index is 14.5. The summed E-state index contributed by atoms with van der Waals surface area (Å²) < 4.78 is 67.0. The third-order valence-corrected chi connectivity index (χ3v) is 7.87. The van der Waals surface area contributed by atoms with Crippen LogP contribution in [0.2, 0.25) is 0 Å². The van der Waals surface area contributed by atoms with E-state index in [4.69, 9.17) is 9.47 Å². The van der Waals surface area contributed by atoms with Crippen LogP contribution < -0.4 is 61.2 Å². The Kier molecular flexibility index (Phi) is 17.3. The third-order valence-electron chi connectivity index (χ3n) is 7.87. The van der Waals surface area contributed by atoms with Gasteiger partial charge in [-0.2, -0.15) is 4.39 Å². The van der Waals surface area contributed by atoms with Crippen LogP contribution in [0, 0.1) is 36.1 Å². The Labute approximate surface area is 309 Å². The Bertz CT molecular complexity index is 1300. The SMILES string of the molecule is C1CCOC1.CC(C)(C)[O-].CCOc1ccc(-c2ccc(CCC3CCC(c4ccc(C)c(F)c4F)CC3)cc2)c(F)c1F.[K+]. The van der Waals surface area contributed by atoms with Crippen molar-refractivity contribution < 1.29 is 83.5 Å². The summed E-state index contributed by atoms with van der Waals surface area (Å²) in [4.78, 5) is 0. The van der Waals surface area contributed by atoms with Crippen LogP contribution in [0.4, 0.5) is 17.6 Å². The van der Waals surface area contributed by atoms with Gasteiger partial charge >= 0.3 is 51.4 Å². The number of benzene rings is 3. The minimum atomic E-state index is -0.965. The van der Waals surface area contributed by atoms with Gasteiger partial charge in [0, 0.05) is 18.8 Å². The number of hydrogen-bond acceptors (Lipinski definition) is 3. The van der Waals surface area contributed by atoms with Crippen molar-refractivity contribution in [2.24, 2.45) is 5.92 Å². The van der Waals surface area contributed by atoms with Crippen LogP contribution in [0.5, 0.6) is 5.75 Å². The zero-order chi connectivity index (χ0) is 32.3. The van der Waals surface area contributed by atoms with E-state index >= 15 is 0 Å². The van der Waals surface area contributed by atoms with Gasteiger partial charge < -0.3 is 14.6 Å². The number of ether oxygens (including phenoxy) is 2. The molecule has 3 aromatic rings. The molecule has 3 nitrogen and oxygen atoms in total. The van der Waals surface area contributed by atoms with Crippen molar-refractivity contribution in [3.63, 3.8) is 0 Å². The fourth-order valence-corrected chi connectivity index (χ4v) is 5.49. The average molecular weight is 655 g/mol. The van der Waals surface area contributed by atoms with Gasteiger partial charge in [0.1, 0.15) is 0 Å². The second-order valence-electron chi connectivity index (χ2n) is 12.7. The summed E-state index contributed by atoms with van der Waals surface area (Å²) in [5.74, 6) is -2.73. The quantitative estimate of drug-likeness (QED) is 0.217. The van der Waals surface area contributed by atoms with E-state index in [2.05, 4.69) is 0 Å². The summed E-state index contributed by atoms with van der Waals surface area (Å²) in [6.07, 6.45) is 8.19. The van der Waals surface area contributed by atoms with Gasteiger partial charge in [0.15, 0.2) is 23.2 Å². The molecular formula is C37H47F4KO3. The first-order valence-corrected chi connectivity index (χ1v) is 15.8. The second kappa shape index (κ2) is 19.5. The molecule has 0 bridgehead atoms. The molecule has 0 N–H and O–H groups in total. The van der Waals surface area contributed by atoms with Crippen LogP contribution in [0.1, 0.15) is 95.2 Å². The topological polar surface area (TPSA) is 41.5 Å². The molecule has 0 aromatic heterocycles. The molecule has 0 radical (unpaired) electrons. The van der Waals surface area contributed by atoms with E-state index in [1.807, 2.05) is 24.3 Å². The normalized spacial score (nSPS) is 17.7. The second-order valence-corrected chi connectivity index (χ2v) is 12.7. The van der Waals surface area contributed by atoms with Gasteiger partial charge in [-0.05, 0) is 111 Å². The predicted octanol–water partition coefficient (Wildman–Crippen LogP) is 6.47. The summed E-state index contributed by atoms with van der Waals surface area (Å²) in [6.45, 7) is 10.5. The van der Waals surface area contributed by atoms with Crippen molar-refractivity contribution in [3.8, 4) is 16.9 Å². The van der Waals surface area contributed by atoms with Crippen molar-refractivity contribution in [2.45, 2.75) is 97.5 Å². The molecule has 5 rings (SSSR count). The van der Waals surface area contributed by atoms with Crippen LogP contribution in [0.25, 0.3) is 11.1 Å². The maximum atomic E-state index is 14.5. The first kappa shape index (κ1) is 39.9. The van der Waals surface area contributed by atoms with E-state index in [0.29, 0.717) is 22.6 Å². The third kappa shape index (κ3) is 13.0. The van der Waals surface area contributed by atoms with E-state index in [9.17, 15) is 22.7 Å². The number of rotatable bonds is 7. The number of hydrogen-bond donors (Lipinski definition) is 0. The van der Waals surface area contributed by atoms with Gasteiger partial charge in [-0.15, -0.1) is 5.60 Å². The fraction of sp³-hybridized carbons (Fsp3) is 0.514. The van der Waals surface area contributed by atoms with Crippen LogP contribution in [0.3, 0.4) is 0 Å². The molecule has 2 aliphatic rings. The molecule has 1 saturated heterocycles. The zero-order valence-electron chi connectivity index (χ0n) is 27.8. The molecule has 0 amide bonds. The Morgan fingerprint density at radius 3 is 1.93 bits per heavy atom. The Hall–Kier alpha value is -1.26. The van der Waals surface area contributed by atoms with Crippen LogP contribution >= 0.6 is 0 Å². The molecule has 1 heterocycles. The fourth-order valence-electron chi connectivity index (χ4n) is 5.49. The first-order chi connectivity index (χ1) is 20.9. The van der Waals surface area contributed by atoms with Gasteiger partial charge in [0.25, 0.3) is 0 Å². The molecular weight excluding hydrogens is 607 g/mol. The number of halogens is 4. The molecule has 0 unspecified atom stereocenters. The summed E-state index contributed by atoms with van der Waals surface area (Å²) in [5.41, 5.74) is 2.08. The van der Waals surface area contributed by atoms with Crippen LogP contribution in [-0.4, -0.2) is 25.4 Å². The van der Waals surface area contributed by atoms with Crippen molar-refractivity contribution in [2.75, 3.05) is 19.8 Å². The zero-order valence-corrected chi connectivity index (χ0v) is 30.9. The van der Waals surface area contributed by atoms with Gasteiger partial charge in [-0.3, -0.25) is 0 Å². The van der Waals surface area contributed by atoms with E-state index in [1.165, 1.54) is 18.9 Å². The van der Waals surface area contributed by atoms with Crippen molar-refractivity contribution >= 4 is 0 Å². The largest absolute Gasteiger partial charge is 1.00 e. The summed E-state index contributed by atoms with van der Waals surface area (Å²) in [5, 5.41) is 10.1. The molecule has 2 fully saturated rings. The number of aryl methyl sites for hydroxylation is 2. The van der Waals surface area contributed by atoms with E-state index in [1.54, 1.807) is 52.8 Å². The monoisotopic (exact) mass is 654 g/mol. The average Bonchev–Trinajstić information content (AvgIpc) is 3.58.